The highest BCUT2D eigenvalue weighted by molar-refractivity contribution is 7.89. The number of hydrogen-bond donors (Lipinski definition) is 0. The van der Waals surface area contributed by atoms with Gasteiger partial charge in [-0.3, -0.25) is 4.90 Å². The van der Waals surface area contributed by atoms with Crippen molar-refractivity contribution in [3.63, 3.8) is 0 Å². The van der Waals surface area contributed by atoms with Crippen LogP contribution in [0.1, 0.15) is 11.1 Å². The van der Waals surface area contributed by atoms with Crippen molar-refractivity contribution in [1.29, 1.82) is 0 Å². The van der Waals surface area contributed by atoms with E-state index in [0.29, 0.717) is 23.7 Å². The van der Waals surface area contributed by atoms with Crippen molar-refractivity contribution in [3.05, 3.63) is 65.7 Å². The summed E-state index contributed by atoms with van der Waals surface area (Å²) in [6.45, 7) is 5.15. The van der Waals surface area contributed by atoms with Crippen LogP contribution in [0.15, 0.2) is 59.5 Å². The van der Waals surface area contributed by atoms with Crippen LogP contribution in [0.2, 0.25) is 0 Å². The van der Waals surface area contributed by atoms with Gasteiger partial charge in [0.25, 0.3) is 0 Å². The SMILES string of the molecule is COc1ccc(S(=O)(=O)N2CCN(C/C=C/c3ccccc3)CC2)cc1C. The average molecular weight is 387 g/mol. The number of sulfonamides is 1. The number of aryl methyl sites for hydroxylation is 1. The Labute approximate surface area is 161 Å². The van der Waals surface area contributed by atoms with Gasteiger partial charge >= 0.3 is 0 Å². The van der Waals surface area contributed by atoms with Crippen molar-refractivity contribution in [1.82, 2.24) is 9.21 Å². The molecule has 2 aromatic carbocycles. The minimum Gasteiger partial charge on any atom is -0.496 e. The molecule has 0 N–H and O–H groups in total. The Balaban J connectivity index is 1.58. The van der Waals surface area contributed by atoms with Crippen molar-refractivity contribution >= 4 is 16.1 Å². The number of ether oxygens (including phenoxy) is 1. The number of nitrogens with zero attached hydrogens (tertiary/aromatic N) is 2. The van der Waals surface area contributed by atoms with Gasteiger partial charge in [0.1, 0.15) is 5.75 Å². The van der Waals surface area contributed by atoms with E-state index in [9.17, 15) is 8.42 Å². The molecule has 0 radical (unpaired) electrons. The quantitative estimate of drug-likeness (QED) is 0.766. The molecule has 1 aliphatic rings. The molecule has 27 heavy (non-hydrogen) atoms. The smallest absolute Gasteiger partial charge is 0.243 e. The molecule has 1 heterocycles. The highest BCUT2D eigenvalue weighted by atomic mass is 32.2. The van der Waals surface area contributed by atoms with E-state index in [4.69, 9.17) is 4.74 Å². The summed E-state index contributed by atoms with van der Waals surface area (Å²) in [7, 11) is -1.88. The summed E-state index contributed by atoms with van der Waals surface area (Å²) in [4.78, 5) is 2.60. The topological polar surface area (TPSA) is 49.9 Å². The van der Waals surface area contributed by atoms with Gasteiger partial charge in [0, 0.05) is 32.7 Å². The summed E-state index contributed by atoms with van der Waals surface area (Å²) in [6.07, 6.45) is 4.23. The van der Waals surface area contributed by atoms with Crippen LogP contribution in [0.4, 0.5) is 0 Å². The third kappa shape index (κ3) is 4.77. The zero-order chi connectivity index (χ0) is 19.3. The highest BCUT2D eigenvalue weighted by Crippen LogP contribution is 2.24. The number of rotatable bonds is 6. The van der Waals surface area contributed by atoms with Crippen LogP contribution in [0.3, 0.4) is 0 Å². The Morgan fingerprint density at radius 2 is 1.74 bits per heavy atom. The second-order valence-corrected chi connectivity index (χ2v) is 8.59. The van der Waals surface area contributed by atoms with Crippen LogP contribution in [-0.4, -0.2) is 57.5 Å². The molecule has 6 heteroatoms. The Hall–Kier alpha value is -2.15. The molecule has 0 atom stereocenters. The lowest BCUT2D eigenvalue weighted by atomic mass is 10.2. The van der Waals surface area contributed by atoms with Gasteiger partial charge in [-0.1, -0.05) is 42.5 Å². The molecular weight excluding hydrogens is 360 g/mol. The number of benzene rings is 2. The van der Waals surface area contributed by atoms with Crippen LogP contribution in [0.5, 0.6) is 5.75 Å². The zero-order valence-corrected chi connectivity index (χ0v) is 16.7. The lowest BCUT2D eigenvalue weighted by Crippen LogP contribution is -2.48. The number of hydrogen-bond acceptors (Lipinski definition) is 4. The molecule has 3 rings (SSSR count). The Kier molecular flexibility index (Phi) is 6.31. The Bertz CT molecular complexity index is 887. The minimum atomic E-state index is -3.46. The zero-order valence-electron chi connectivity index (χ0n) is 15.8. The third-order valence-corrected chi connectivity index (χ3v) is 6.70. The molecule has 0 aromatic heterocycles. The van der Waals surface area contributed by atoms with Gasteiger partial charge in [0.05, 0.1) is 12.0 Å². The first-order valence-electron chi connectivity index (χ1n) is 9.09. The molecule has 0 saturated carbocycles. The molecule has 1 fully saturated rings. The first-order chi connectivity index (χ1) is 13.0. The van der Waals surface area contributed by atoms with Crippen molar-refractivity contribution in [2.24, 2.45) is 0 Å². The number of piperazine rings is 1. The summed E-state index contributed by atoms with van der Waals surface area (Å²) < 4.78 is 32.6. The molecule has 0 spiro atoms. The van der Waals surface area contributed by atoms with E-state index in [-0.39, 0.29) is 0 Å². The molecule has 0 amide bonds. The highest BCUT2D eigenvalue weighted by Gasteiger charge is 2.28. The van der Waals surface area contributed by atoms with Gasteiger partial charge in [-0.15, -0.1) is 0 Å². The van der Waals surface area contributed by atoms with E-state index in [2.05, 4.69) is 29.2 Å². The van der Waals surface area contributed by atoms with E-state index in [1.807, 2.05) is 25.1 Å². The fraction of sp³-hybridized carbons (Fsp3) is 0.333. The summed E-state index contributed by atoms with van der Waals surface area (Å²) in [5.41, 5.74) is 2.00. The molecule has 144 valence electrons. The standard InChI is InChI=1S/C21H26N2O3S/c1-18-17-20(10-11-21(18)26-2)27(24,25)23-15-13-22(14-16-23)12-6-9-19-7-4-3-5-8-19/h3-11,17H,12-16H2,1-2H3/b9-6+. The predicted molar refractivity (Wildman–Crippen MR) is 108 cm³/mol. The van der Waals surface area contributed by atoms with Gasteiger partial charge in [-0.25, -0.2) is 8.42 Å². The van der Waals surface area contributed by atoms with Gasteiger partial charge in [0.2, 0.25) is 10.0 Å². The summed E-state index contributed by atoms with van der Waals surface area (Å²) in [5.74, 6) is 0.698. The van der Waals surface area contributed by atoms with Gasteiger partial charge in [-0.05, 0) is 36.2 Å². The molecule has 2 aromatic rings. The summed E-state index contributed by atoms with van der Waals surface area (Å²) in [6, 6.07) is 15.2. The molecule has 0 aliphatic carbocycles. The van der Waals surface area contributed by atoms with Crippen LogP contribution in [0, 0.1) is 6.92 Å². The van der Waals surface area contributed by atoms with Crippen molar-refractivity contribution in [2.45, 2.75) is 11.8 Å². The fourth-order valence-corrected chi connectivity index (χ4v) is 4.72. The van der Waals surface area contributed by atoms with Crippen molar-refractivity contribution < 1.29 is 13.2 Å². The molecule has 0 bridgehead atoms. The van der Waals surface area contributed by atoms with Gasteiger partial charge in [-0.2, -0.15) is 4.31 Å². The maximum Gasteiger partial charge on any atom is 0.243 e. The second kappa shape index (κ2) is 8.69. The Morgan fingerprint density at radius 1 is 1.04 bits per heavy atom. The van der Waals surface area contributed by atoms with E-state index >= 15 is 0 Å². The summed E-state index contributed by atoms with van der Waals surface area (Å²) in [5, 5.41) is 0. The first-order valence-corrected chi connectivity index (χ1v) is 10.5. The monoisotopic (exact) mass is 386 g/mol. The van der Waals surface area contributed by atoms with Gasteiger partial charge < -0.3 is 4.74 Å². The van der Waals surface area contributed by atoms with Crippen molar-refractivity contribution in [2.75, 3.05) is 39.8 Å². The summed E-state index contributed by atoms with van der Waals surface area (Å²) >= 11 is 0. The van der Waals surface area contributed by atoms with E-state index in [1.54, 1.807) is 29.6 Å². The normalized spacial score (nSPS) is 16.7. The van der Waals surface area contributed by atoms with Gasteiger partial charge in [0.15, 0.2) is 0 Å². The molecular formula is C21H26N2O3S. The fourth-order valence-electron chi connectivity index (χ4n) is 3.21. The third-order valence-electron chi connectivity index (χ3n) is 4.81. The van der Waals surface area contributed by atoms with Crippen LogP contribution in [-0.2, 0) is 10.0 Å². The maximum absolute atomic E-state index is 12.9. The van der Waals surface area contributed by atoms with Crippen molar-refractivity contribution in [3.8, 4) is 5.75 Å². The van der Waals surface area contributed by atoms with E-state index in [0.717, 1.165) is 25.2 Å². The lowest BCUT2D eigenvalue weighted by Gasteiger charge is -2.33. The van der Waals surface area contributed by atoms with Crippen LogP contribution < -0.4 is 4.74 Å². The molecule has 1 aliphatic heterocycles. The minimum absolute atomic E-state index is 0.332. The van der Waals surface area contributed by atoms with Crippen LogP contribution >= 0.6 is 0 Å². The second-order valence-electron chi connectivity index (χ2n) is 6.65. The largest absolute Gasteiger partial charge is 0.496 e. The molecule has 1 saturated heterocycles. The molecule has 0 unspecified atom stereocenters. The van der Waals surface area contributed by atoms with Crippen LogP contribution in [0.25, 0.3) is 6.08 Å². The molecule has 5 nitrogen and oxygen atoms in total. The Morgan fingerprint density at radius 3 is 2.37 bits per heavy atom. The average Bonchev–Trinajstić information content (AvgIpc) is 2.69. The number of methoxy groups -OCH3 is 1. The van der Waals surface area contributed by atoms with E-state index in [1.165, 1.54) is 5.56 Å². The maximum atomic E-state index is 12.9. The first kappa shape index (κ1) is 19.6. The lowest BCUT2D eigenvalue weighted by molar-refractivity contribution is 0.204. The predicted octanol–water partition coefficient (Wildman–Crippen LogP) is 3.02. The van der Waals surface area contributed by atoms with E-state index < -0.39 is 10.0 Å².